The Labute approximate surface area is 162 Å². The zero-order valence-corrected chi connectivity index (χ0v) is 17.2. The topological polar surface area (TPSA) is 41.4 Å². The molecule has 1 spiro atoms. The molecule has 1 amide bonds. The second-order valence-electron chi connectivity index (χ2n) is 8.15. The third-order valence-electron chi connectivity index (χ3n) is 6.32. The number of amides is 1. The summed E-state index contributed by atoms with van der Waals surface area (Å²) in [5.74, 6) is 0.359. The second kappa shape index (κ2) is 9.27. The summed E-state index contributed by atoms with van der Waals surface area (Å²) >= 11 is 1.97. The number of thioether (sulfide) groups is 1. The lowest BCUT2D eigenvalue weighted by molar-refractivity contribution is -0.139. The number of aromatic nitrogens is 2. The summed E-state index contributed by atoms with van der Waals surface area (Å²) in [7, 11) is 0. The highest BCUT2D eigenvalue weighted by Gasteiger charge is 2.40. The Morgan fingerprint density at radius 1 is 1.23 bits per heavy atom. The number of carbonyl (C=O) groups excluding carboxylic acids is 1. The molecule has 6 heteroatoms. The van der Waals surface area contributed by atoms with Gasteiger partial charge in [0.05, 0.1) is 6.33 Å². The van der Waals surface area contributed by atoms with Crippen LogP contribution in [0.4, 0.5) is 0 Å². The van der Waals surface area contributed by atoms with Crippen LogP contribution in [0.3, 0.4) is 0 Å². The van der Waals surface area contributed by atoms with Crippen LogP contribution in [-0.2, 0) is 11.3 Å². The second-order valence-corrected chi connectivity index (χ2v) is 9.42. The van der Waals surface area contributed by atoms with E-state index >= 15 is 0 Å². The highest BCUT2D eigenvalue weighted by molar-refractivity contribution is 7.99. The van der Waals surface area contributed by atoms with Gasteiger partial charge in [-0.25, -0.2) is 4.98 Å². The SMILES string of the molecule is CS[C@@H](C)CCN1CCC2(CCC(=O)N(CCCn3ccnc3)C2)CC1. The molecule has 0 N–H and O–H groups in total. The molecular formula is C20H34N4OS. The smallest absolute Gasteiger partial charge is 0.222 e. The minimum Gasteiger partial charge on any atom is -0.342 e. The predicted molar refractivity (Wildman–Crippen MR) is 108 cm³/mol. The van der Waals surface area contributed by atoms with Crippen molar-refractivity contribution < 1.29 is 4.79 Å². The van der Waals surface area contributed by atoms with E-state index in [2.05, 4.69) is 32.5 Å². The number of aryl methyl sites for hydroxylation is 1. The van der Waals surface area contributed by atoms with Gasteiger partial charge in [-0.2, -0.15) is 11.8 Å². The molecule has 0 aliphatic carbocycles. The summed E-state index contributed by atoms with van der Waals surface area (Å²) in [6, 6.07) is 0. The van der Waals surface area contributed by atoms with Gasteiger partial charge in [0.2, 0.25) is 5.91 Å². The molecule has 26 heavy (non-hydrogen) atoms. The van der Waals surface area contributed by atoms with Crippen molar-refractivity contribution in [2.45, 2.75) is 57.2 Å². The van der Waals surface area contributed by atoms with E-state index in [1.54, 1.807) is 0 Å². The van der Waals surface area contributed by atoms with E-state index in [-0.39, 0.29) is 0 Å². The van der Waals surface area contributed by atoms with Gasteiger partial charge in [-0.3, -0.25) is 4.79 Å². The summed E-state index contributed by atoms with van der Waals surface area (Å²) in [5.41, 5.74) is 0.380. The first kappa shape index (κ1) is 19.7. The fraction of sp³-hybridized carbons (Fsp3) is 0.800. The summed E-state index contributed by atoms with van der Waals surface area (Å²) in [6.07, 6.45) is 14.5. The highest BCUT2D eigenvalue weighted by atomic mass is 32.2. The fourth-order valence-electron chi connectivity index (χ4n) is 4.31. The minimum atomic E-state index is 0.359. The van der Waals surface area contributed by atoms with Gasteiger partial charge in [0.25, 0.3) is 0 Å². The lowest BCUT2D eigenvalue weighted by atomic mass is 9.72. The van der Waals surface area contributed by atoms with Crippen molar-refractivity contribution in [2.24, 2.45) is 5.41 Å². The zero-order chi connectivity index (χ0) is 18.4. The van der Waals surface area contributed by atoms with E-state index in [9.17, 15) is 4.79 Å². The predicted octanol–water partition coefficient (Wildman–Crippen LogP) is 3.12. The first-order valence-corrected chi connectivity index (χ1v) is 11.4. The van der Waals surface area contributed by atoms with E-state index in [0.717, 1.165) is 44.1 Å². The Morgan fingerprint density at radius 2 is 2.04 bits per heavy atom. The molecule has 2 aliphatic heterocycles. The van der Waals surface area contributed by atoms with Gasteiger partial charge in [-0.15, -0.1) is 0 Å². The molecule has 0 radical (unpaired) electrons. The number of imidazole rings is 1. The quantitative estimate of drug-likeness (QED) is 0.697. The van der Waals surface area contributed by atoms with Crippen LogP contribution in [0.15, 0.2) is 18.7 Å². The maximum Gasteiger partial charge on any atom is 0.222 e. The summed E-state index contributed by atoms with van der Waals surface area (Å²) in [4.78, 5) is 21.2. The molecular weight excluding hydrogens is 344 g/mol. The van der Waals surface area contributed by atoms with E-state index in [1.807, 2.05) is 30.5 Å². The maximum atomic E-state index is 12.4. The van der Waals surface area contributed by atoms with Gasteiger partial charge >= 0.3 is 0 Å². The molecule has 1 aromatic rings. The van der Waals surface area contributed by atoms with Crippen LogP contribution in [-0.4, -0.2) is 69.5 Å². The Kier molecular flexibility index (Phi) is 7.04. The van der Waals surface area contributed by atoms with Gasteiger partial charge in [-0.05, 0) is 63.4 Å². The number of nitrogens with zero attached hydrogens (tertiary/aromatic N) is 4. The van der Waals surface area contributed by atoms with Crippen LogP contribution < -0.4 is 0 Å². The van der Waals surface area contributed by atoms with Crippen molar-refractivity contribution in [3.05, 3.63) is 18.7 Å². The molecule has 2 aliphatic rings. The summed E-state index contributed by atoms with van der Waals surface area (Å²) < 4.78 is 2.10. The third-order valence-corrected chi connectivity index (χ3v) is 7.36. The molecule has 0 saturated carbocycles. The van der Waals surface area contributed by atoms with Gasteiger partial charge in [0.15, 0.2) is 0 Å². The number of rotatable bonds is 8. The van der Waals surface area contributed by atoms with Crippen LogP contribution in [0.1, 0.15) is 45.4 Å². The Balaban J connectivity index is 1.44. The Morgan fingerprint density at radius 3 is 2.73 bits per heavy atom. The van der Waals surface area contributed by atoms with Gasteiger partial charge in [0, 0.05) is 43.7 Å². The molecule has 1 aromatic heterocycles. The van der Waals surface area contributed by atoms with Crippen molar-refractivity contribution in [3.63, 3.8) is 0 Å². The summed E-state index contributed by atoms with van der Waals surface area (Å²) in [5, 5.41) is 0.754. The molecule has 2 fully saturated rings. The number of hydrogen-bond acceptors (Lipinski definition) is 4. The summed E-state index contributed by atoms with van der Waals surface area (Å²) in [6.45, 7) is 8.77. The van der Waals surface area contributed by atoms with Crippen LogP contribution in [0, 0.1) is 5.41 Å². The molecule has 2 saturated heterocycles. The number of likely N-dealkylation sites (tertiary alicyclic amines) is 2. The van der Waals surface area contributed by atoms with Crippen LogP contribution >= 0.6 is 11.8 Å². The van der Waals surface area contributed by atoms with E-state index < -0.39 is 0 Å². The largest absolute Gasteiger partial charge is 0.342 e. The van der Waals surface area contributed by atoms with Crippen molar-refractivity contribution in [2.75, 3.05) is 39.0 Å². The van der Waals surface area contributed by atoms with E-state index in [0.29, 0.717) is 11.3 Å². The molecule has 146 valence electrons. The number of carbonyl (C=O) groups is 1. The molecule has 0 unspecified atom stereocenters. The zero-order valence-electron chi connectivity index (χ0n) is 16.4. The Bertz CT molecular complexity index is 554. The maximum absolute atomic E-state index is 12.4. The van der Waals surface area contributed by atoms with Crippen molar-refractivity contribution in [1.29, 1.82) is 0 Å². The van der Waals surface area contributed by atoms with Gasteiger partial charge in [0.1, 0.15) is 0 Å². The van der Waals surface area contributed by atoms with Crippen molar-refractivity contribution >= 4 is 17.7 Å². The van der Waals surface area contributed by atoms with Crippen LogP contribution in [0.5, 0.6) is 0 Å². The van der Waals surface area contributed by atoms with Crippen molar-refractivity contribution in [1.82, 2.24) is 19.4 Å². The third kappa shape index (κ3) is 5.26. The average molecular weight is 379 g/mol. The lowest BCUT2D eigenvalue weighted by Gasteiger charge is -2.47. The highest BCUT2D eigenvalue weighted by Crippen LogP contribution is 2.40. The van der Waals surface area contributed by atoms with E-state index in [1.165, 1.54) is 38.9 Å². The molecule has 3 heterocycles. The minimum absolute atomic E-state index is 0.359. The molecule has 5 nitrogen and oxygen atoms in total. The number of piperidine rings is 2. The van der Waals surface area contributed by atoms with Crippen LogP contribution in [0.2, 0.25) is 0 Å². The van der Waals surface area contributed by atoms with Crippen molar-refractivity contribution in [3.8, 4) is 0 Å². The van der Waals surface area contributed by atoms with E-state index in [4.69, 9.17) is 0 Å². The molecule has 0 aromatic carbocycles. The van der Waals surface area contributed by atoms with Gasteiger partial charge in [-0.1, -0.05) is 6.92 Å². The molecule has 3 rings (SSSR count). The average Bonchev–Trinajstić information content (AvgIpc) is 3.17. The Hall–Kier alpha value is -1.01. The normalized spacial score (nSPS) is 22.1. The first-order chi connectivity index (χ1) is 12.6. The van der Waals surface area contributed by atoms with Crippen LogP contribution in [0.25, 0.3) is 0 Å². The van der Waals surface area contributed by atoms with Gasteiger partial charge < -0.3 is 14.4 Å². The number of hydrogen-bond donors (Lipinski definition) is 0. The standard InChI is InChI=1S/C20H34N4OS/c1-18(26-2)5-12-22-13-7-20(8-14-22)6-4-19(25)24(16-20)11-3-10-23-15-9-21-17-23/h9,15,17-18H,3-8,10-14,16H2,1-2H3/t18-/m0/s1. The first-order valence-electron chi connectivity index (χ1n) is 10.1. The molecule has 1 atom stereocenters. The molecule has 0 bridgehead atoms. The monoisotopic (exact) mass is 378 g/mol. The lowest BCUT2D eigenvalue weighted by Crippen LogP contribution is -2.51. The fourth-order valence-corrected chi connectivity index (χ4v) is 4.65.